The molecule has 1 saturated heterocycles. The average molecular weight is 556 g/mol. The van der Waals surface area contributed by atoms with Crippen molar-refractivity contribution in [1.29, 1.82) is 0 Å². The zero-order valence-corrected chi connectivity index (χ0v) is 23.0. The normalized spacial score (nSPS) is 20.2. The Bertz CT molecular complexity index is 1570. The van der Waals surface area contributed by atoms with Crippen molar-refractivity contribution in [1.82, 2.24) is 14.9 Å². The van der Waals surface area contributed by atoms with Crippen LogP contribution in [0, 0.1) is 11.7 Å². The first-order valence-corrected chi connectivity index (χ1v) is 14.1. The van der Waals surface area contributed by atoms with Crippen molar-refractivity contribution in [2.24, 2.45) is 11.7 Å². The van der Waals surface area contributed by atoms with Crippen LogP contribution in [0.25, 0.3) is 10.9 Å². The number of likely N-dealkylation sites (tertiary alicyclic amines) is 1. The average Bonchev–Trinajstić information content (AvgIpc) is 3.53. The SMILES string of the molecule is COC1CC(C(=O)Nc2cc(C(N)(CCC3CC3)c3ccncc3)ccc2F)N(C(=O)c2ccc3cc[nH]c3c2)C1. The van der Waals surface area contributed by atoms with Gasteiger partial charge in [-0.1, -0.05) is 25.0 Å². The van der Waals surface area contributed by atoms with Crippen molar-refractivity contribution in [3.8, 4) is 0 Å². The lowest BCUT2D eigenvalue weighted by atomic mass is 9.79. The minimum absolute atomic E-state index is 0.0314. The van der Waals surface area contributed by atoms with Gasteiger partial charge in [-0.3, -0.25) is 14.6 Å². The zero-order valence-electron chi connectivity index (χ0n) is 23.0. The number of amides is 2. The highest BCUT2D eigenvalue weighted by Gasteiger charge is 2.41. The fourth-order valence-corrected chi connectivity index (χ4v) is 5.85. The van der Waals surface area contributed by atoms with Gasteiger partial charge in [0, 0.05) is 49.7 Å². The van der Waals surface area contributed by atoms with Gasteiger partial charge in [-0.05, 0) is 77.7 Å². The van der Waals surface area contributed by atoms with Crippen molar-refractivity contribution in [2.75, 3.05) is 19.0 Å². The van der Waals surface area contributed by atoms with Gasteiger partial charge in [0.25, 0.3) is 5.91 Å². The van der Waals surface area contributed by atoms with Gasteiger partial charge in [0.15, 0.2) is 0 Å². The highest BCUT2D eigenvalue weighted by Crippen LogP contribution is 2.40. The van der Waals surface area contributed by atoms with Crippen molar-refractivity contribution < 1.29 is 18.7 Å². The van der Waals surface area contributed by atoms with Crippen LogP contribution in [-0.4, -0.2) is 52.5 Å². The molecule has 0 radical (unpaired) electrons. The number of hydrogen-bond acceptors (Lipinski definition) is 5. The summed E-state index contributed by atoms with van der Waals surface area (Å²) in [5.41, 5.74) is 9.09. The summed E-state index contributed by atoms with van der Waals surface area (Å²) in [6, 6.07) is 14.9. The molecule has 41 heavy (non-hydrogen) atoms. The Morgan fingerprint density at radius 3 is 2.68 bits per heavy atom. The summed E-state index contributed by atoms with van der Waals surface area (Å²) in [4.78, 5) is 35.9. The van der Waals surface area contributed by atoms with E-state index in [9.17, 15) is 9.59 Å². The van der Waals surface area contributed by atoms with Gasteiger partial charge in [0.05, 0.1) is 17.3 Å². The predicted molar refractivity (Wildman–Crippen MR) is 155 cm³/mol. The van der Waals surface area contributed by atoms with Crippen LogP contribution in [0.4, 0.5) is 10.1 Å². The highest BCUT2D eigenvalue weighted by molar-refractivity contribution is 6.03. The molecule has 212 valence electrons. The van der Waals surface area contributed by atoms with Gasteiger partial charge in [0.1, 0.15) is 11.9 Å². The summed E-state index contributed by atoms with van der Waals surface area (Å²) in [6.07, 6.45) is 9.26. The van der Waals surface area contributed by atoms with Crippen molar-refractivity contribution in [2.45, 2.75) is 49.8 Å². The van der Waals surface area contributed by atoms with Crippen LogP contribution in [0.15, 0.2) is 73.2 Å². The Morgan fingerprint density at radius 2 is 1.93 bits per heavy atom. The highest BCUT2D eigenvalue weighted by atomic mass is 19.1. The molecule has 1 aliphatic carbocycles. The summed E-state index contributed by atoms with van der Waals surface area (Å²) < 4.78 is 20.7. The number of fused-ring (bicyclic) bond motifs is 1. The van der Waals surface area contributed by atoms with Crippen molar-refractivity contribution in [3.63, 3.8) is 0 Å². The maximum atomic E-state index is 15.1. The lowest BCUT2D eigenvalue weighted by Crippen LogP contribution is -2.43. The first-order valence-electron chi connectivity index (χ1n) is 14.1. The number of hydrogen-bond donors (Lipinski definition) is 3. The van der Waals surface area contributed by atoms with Gasteiger partial charge in [0.2, 0.25) is 5.91 Å². The van der Waals surface area contributed by atoms with Gasteiger partial charge >= 0.3 is 0 Å². The maximum absolute atomic E-state index is 15.1. The molecule has 1 aliphatic heterocycles. The first-order chi connectivity index (χ1) is 19.9. The third kappa shape index (κ3) is 5.47. The smallest absolute Gasteiger partial charge is 0.254 e. The van der Waals surface area contributed by atoms with Crippen LogP contribution in [-0.2, 0) is 15.1 Å². The molecule has 9 heteroatoms. The van der Waals surface area contributed by atoms with E-state index in [0.29, 0.717) is 29.9 Å². The lowest BCUT2D eigenvalue weighted by Gasteiger charge is -2.31. The molecule has 3 heterocycles. The Morgan fingerprint density at radius 1 is 1.12 bits per heavy atom. The number of H-pyrrole nitrogens is 1. The van der Waals surface area contributed by atoms with E-state index in [1.165, 1.54) is 23.8 Å². The second kappa shape index (κ2) is 11.1. The van der Waals surface area contributed by atoms with E-state index < -0.39 is 23.3 Å². The fraction of sp³-hybridized carbons (Fsp3) is 0.344. The summed E-state index contributed by atoms with van der Waals surface area (Å²) in [7, 11) is 1.56. The molecular formula is C32H34FN5O3. The second-order valence-electron chi connectivity index (χ2n) is 11.2. The molecule has 2 fully saturated rings. The van der Waals surface area contributed by atoms with Crippen LogP contribution >= 0.6 is 0 Å². The Hall–Kier alpha value is -4.08. The third-order valence-corrected chi connectivity index (χ3v) is 8.54. The minimum atomic E-state index is -0.869. The van der Waals surface area contributed by atoms with E-state index in [1.807, 2.05) is 30.5 Å². The van der Waals surface area contributed by atoms with Crippen molar-refractivity contribution in [3.05, 3.63) is 95.7 Å². The molecule has 0 spiro atoms. The third-order valence-electron chi connectivity index (χ3n) is 8.54. The van der Waals surface area contributed by atoms with E-state index in [2.05, 4.69) is 15.3 Å². The van der Waals surface area contributed by atoms with Crippen LogP contribution in [0.5, 0.6) is 0 Å². The molecule has 3 unspecified atom stereocenters. The van der Waals surface area contributed by atoms with Gasteiger partial charge in [-0.2, -0.15) is 0 Å². The van der Waals surface area contributed by atoms with Gasteiger partial charge in [-0.25, -0.2) is 4.39 Å². The van der Waals surface area contributed by atoms with Crippen LogP contribution < -0.4 is 11.1 Å². The largest absolute Gasteiger partial charge is 0.380 e. The Kier molecular flexibility index (Phi) is 7.32. The predicted octanol–water partition coefficient (Wildman–Crippen LogP) is 4.96. The number of aromatic nitrogens is 2. The summed E-state index contributed by atoms with van der Waals surface area (Å²) in [5, 5.41) is 3.75. The number of aromatic amines is 1. The van der Waals surface area contributed by atoms with Gasteiger partial charge < -0.3 is 25.7 Å². The molecule has 4 aromatic rings. The number of carbonyl (C=O) groups is 2. The van der Waals surface area contributed by atoms with Gasteiger partial charge in [-0.15, -0.1) is 0 Å². The van der Waals surface area contributed by atoms with E-state index >= 15 is 4.39 Å². The monoisotopic (exact) mass is 555 g/mol. The number of rotatable bonds is 9. The van der Waals surface area contributed by atoms with Crippen LogP contribution in [0.3, 0.4) is 0 Å². The zero-order chi connectivity index (χ0) is 28.6. The van der Waals surface area contributed by atoms with E-state index in [-0.39, 0.29) is 24.2 Å². The maximum Gasteiger partial charge on any atom is 0.254 e. The van der Waals surface area contributed by atoms with Crippen molar-refractivity contribution >= 4 is 28.4 Å². The molecule has 4 N–H and O–H groups in total. The molecular weight excluding hydrogens is 521 g/mol. The summed E-state index contributed by atoms with van der Waals surface area (Å²) in [5.74, 6) is -0.664. The summed E-state index contributed by atoms with van der Waals surface area (Å²) in [6.45, 7) is 0.258. The number of pyridine rings is 1. The number of halogens is 1. The van der Waals surface area contributed by atoms with E-state index in [4.69, 9.17) is 10.5 Å². The fourth-order valence-electron chi connectivity index (χ4n) is 5.85. The molecule has 2 aliphatic rings. The van der Waals surface area contributed by atoms with Crippen LogP contribution in [0.2, 0.25) is 0 Å². The first kappa shape index (κ1) is 27.1. The Labute approximate surface area is 238 Å². The second-order valence-corrected chi connectivity index (χ2v) is 11.2. The molecule has 8 nitrogen and oxygen atoms in total. The molecule has 3 atom stereocenters. The number of ether oxygens (including phenoxy) is 1. The number of anilines is 1. The number of methoxy groups -OCH3 is 1. The topological polar surface area (TPSA) is 113 Å². The standard InChI is InChI=1S/C32H34FN5O3/c1-41-25-18-29(38(19-25)31(40)22-5-4-21-9-15-36-27(21)16-22)30(39)37-28-17-24(6-7-26(28)33)32(34,12-8-20-2-3-20)23-10-13-35-14-11-23/h4-7,9-11,13-17,20,25,29,36H,2-3,8,12,18-19,34H2,1H3,(H,37,39). The number of nitrogens with two attached hydrogens (primary N) is 1. The number of nitrogens with zero attached hydrogens (tertiary/aromatic N) is 2. The molecule has 2 aromatic carbocycles. The number of carbonyl (C=O) groups excluding carboxylic acids is 2. The molecule has 2 aromatic heterocycles. The number of nitrogens with one attached hydrogen (secondary N) is 2. The lowest BCUT2D eigenvalue weighted by molar-refractivity contribution is -0.119. The molecule has 6 rings (SSSR count). The van der Waals surface area contributed by atoms with Crippen LogP contribution in [0.1, 0.15) is 53.6 Å². The minimum Gasteiger partial charge on any atom is -0.380 e. The van der Waals surface area contributed by atoms with E-state index in [0.717, 1.165) is 22.9 Å². The summed E-state index contributed by atoms with van der Waals surface area (Å²) >= 11 is 0. The molecule has 1 saturated carbocycles. The quantitative estimate of drug-likeness (QED) is 0.270. The number of benzene rings is 2. The molecule has 2 amide bonds. The molecule has 0 bridgehead atoms. The Balaban J connectivity index is 1.26. The van der Waals surface area contributed by atoms with E-state index in [1.54, 1.807) is 43.8 Å².